The molecule has 0 atom stereocenters. The SMILES string of the molecule is Cc1ccccc1C(=O)c1ccc2cccc(N)c2n1. The third-order valence-corrected chi connectivity index (χ3v) is 3.37. The van der Waals surface area contributed by atoms with Crippen molar-refractivity contribution in [3.05, 3.63) is 71.4 Å². The van der Waals surface area contributed by atoms with E-state index in [1.807, 2.05) is 49.4 Å². The molecule has 3 nitrogen and oxygen atoms in total. The normalized spacial score (nSPS) is 10.7. The fraction of sp³-hybridized carbons (Fsp3) is 0.0588. The first-order valence-electron chi connectivity index (χ1n) is 6.42. The number of fused-ring (bicyclic) bond motifs is 1. The Balaban J connectivity index is 2.13. The molecule has 0 amide bonds. The molecule has 0 aliphatic heterocycles. The van der Waals surface area contributed by atoms with Crippen molar-refractivity contribution in [1.82, 2.24) is 4.98 Å². The van der Waals surface area contributed by atoms with Gasteiger partial charge in [0, 0.05) is 10.9 Å². The van der Waals surface area contributed by atoms with Crippen molar-refractivity contribution in [3.8, 4) is 0 Å². The van der Waals surface area contributed by atoms with E-state index in [0.717, 1.165) is 10.9 Å². The lowest BCUT2D eigenvalue weighted by atomic mass is 10.0. The van der Waals surface area contributed by atoms with Gasteiger partial charge in [-0.05, 0) is 24.6 Å². The second-order valence-corrected chi connectivity index (χ2v) is 4.76. The molecule has 0 fully saturated rings. The van der Waals surface area contributed by atoms with Crippen LogP contribution < -0.4 is 5.73 Å². The van der Waals surface area contributed by atoms with Gasteiger partial charge in [0.25, 0.3) is 0 Å². The number of nitrogens with zero attached hydrogens (tertiary/aromatic N) is 1. The second kappa shape index (κ2) is 4.78. The van der Waals surface area contributed by atoms with Crippen LogP contribution in [0.15, 0.2) is 54.6 Å². The predicted octanol–water partition coefficient (Wildman–Crippen LogP) is 3.36. The van der Waals surface area contributed by atoms with E-state index in [4.69, 9.17) is 5.73 Å². The van der Waals surface area contributed by atoms with Crippen molar-refractivity contribution in [2.75, 3.05) is 5.73 Å². The van der Waals surface area contributed by atoms with Crippen molar-refractivity contribution in [3.63, 3.8) is 0 Å². The van der Waals surface area contributed by atoms with Crippen LogP contribution in [-0.2, 0) is 0 Å². The van der Waals surface area contributed by atoms with E-state index in [-0.39, 0.29) is 5.78 Å². The lowest BCUT2D eigenvalue weighted by molar-refractivity contribution is 0.103. The highest BCUT2D eigenvalue weighted by molar-refractivity contribution is 6.09. The number of nitrogen functional groups attached to an aromatic ring is 1. The molecule has 0 saturated heterocycles. The van der Waals surface area contributed by atoms with Crippen LogP contribution in [0.1, 0.15) is 21.6 Å². The van der Waals surface area contributed by atoms with Gasteiger partial charge in [0.05, 0.1) is 11.2 Å². The summed E-state index contributed by atoms with van der Waals surface area (Å²) in [6, 6.07) is 16.7. The highest BCUT2D eigenvalue weighted by Crippen LogP contribution is 2.20. The Morgan fingerprint density at radius 2 is 1.80 bits per heavy atom. The third kappa shape index (κ3) is 2.03. The first-order valence-corrected chi connectivity index (χ1v) is 6.42. The molecular formula is C17H14N2O. The molecule has 0 spiro atoms. The molecule has 1 heterocycles. The van der Waals surface area contributed by atoms with E-state index in [1.165, 1.54) is 0 Å². The van der Waals surface area contributed by atoms with Crippen LogP contribution in [0.4, 0.5) is 5.69 Å². The second-order valence-electron chi connectivity index (χ2n) is 4.76. The standard InChI is InChI=1S/C17H14N2O/c1-11-5-2-3-7-13(11)17(20)15-10-9-12-6-4-8-14(18)16(12)19-15/h2-10H,18H2,1H3. The van der Waals surface area contributed by atoms with Crippen LogP contribution in [0.3, 0.4) is 0 Å². The van der Waals surface area contributed by atoms with Crippen LogP contribution in [-0.4, -0.2) is 10.8 Å². The molecule has 0 radical (unpaired) electrons. The van der Waals surface area contributed by atoms with Crippen LogP contribution >= 0.6 is 0 Å². The summed E-state index contributed by atoms with van der Waals surface area (Å²) in [5.41, 5.74) is 9.22. The molecule has 98 valence electrons. The number of hydrogen-bond acceptors (Lipinski definition) is 3. The lowest BCUT2D eigenvalue weighted by Crippen LogP contribution is -2.06. The average molecular weight is 262 g/mol. The molecule has 3 rings (SSSR count). The zero-order valence-electron chi connectivity index (χ0n) is 11.1. The van der Waals surface area contributed by atoms with Gasteiger partial charge in [0.1, 0.15) is 5.69 Å². The van der Waals surface area contributed by atoms with Crippen molar-refractivity contribution < 1.29 is 4.79 Å². The molecule has 2 aromatic carbocycles. The fourth-order valence-electron chi connectivity index (χ4n) is 2.26. The number of pyridine rings is 1. The topological polar surface area (TPSA) is 56.0 Å². The number of nitrogens with two attached hydrogens (primary N) is 1. The van der Waals surface area contributed by atoms with Gasteiger partial charge < -0.3 is 5.73 Å². The number of anilines is 1. The molecule has 1 aromatic heterocycles. The summed E-state index contributed by atoms with van der Waals surface area (Å²) < 4.78 is 0. The molecule has 0 unspecified atom stereocenters. The minimum Gasteiger partial charge on any atom is -0.397 e. The van der Waals surface area contributed by atoms with E-state index in [1.54, 1.807) is 12.1 Å². The van der Waals surface area contributed by atoms with Crippen LogP contribution in [0.25, 0.3) is 10.9 Å². The summed E-state index contributed by atoms with van der Waals surface area (Å²) in [6.45, 7) is 1.92. The van der Waals surface area contributed by atoms with Gasteiger partial charge in [-0.3, -0.25) is 4.79 Å². The molecule has 20 heavy (non-hydrogen) atoms. The van der Waals surface area contributed by atoms with E-state index in [9.17, 15) is 4.79 Å². The number of hydrogen-bond donors (Lipinski definition) is 1. The minimum atomic E-state index is -0.0757. The van der Waals surface area contributed by atoms with Gasteiger partial charge in [0.15, 0.2) is 0 Å². The van der Waals surface area contributed by atoms with Crippen molar-refractivity contribution in [2.24, 2.45) is 0 Å². The van der Waals surface area contributed by atoms with Crippen molar-refractivity contribution in [2.45, 2.75) is 6.92 Å². The summed E-state index contributed by atoms with van der Waals surface area (Å²) in [4.78, 5) is 16.9. The molecule has 0 saturated carbocycles. The first kappa shape index (κ1) is 12.4. The fourth-order valence-corrected chi connectivity index (χ4v) is 2.26. The van der Waals surface area contributed by atoms with E-state index in [2.05, 4.69) is 4.98 Å². The predicted molar refractivity (Wildman–Crippen MR) is 80.8 cm³/mol. The van der Waals surface area contributed by atoms with Crippen LogP contribution in [0, 0.1) is 6.92 Å². The quantitative estimate of drug-likeness (QED) is 0.569. The highest BCUT2D eigenvalue weighted by atomic mass is 16.1. The van der Waals surface area contributed by atoms with Gasteiger partial charge >= 0.3 is 0 Å². The number of para-hydroxylation sites is 1. The maximum absolute atomic E-state index is 12.5. The number of carbonyl (C=O) groups is 1. The van der Waals surface area contributed by atoms with Crippen LogP contribution in [0.2, 0.25) is 0 Å². The monoisotopic (exact) mass is 262 g/mol. The summed E-state index contributed by atoms with van der Waals surface area (Å²) in [5, 5.41) is 0.936. The summed E-state index contributed by atoms with van der Waals surface area (Å²) in [7, 11) is 0. The zero-order chi connectivity index (χ0) is 14.1. The van der Waals surface area contributed by atoms with Crippen LogP contribution in [0.5, 0.6) is 0 Å². The number of aromatic nitrogens is 1. The largest absolute Gasteiger partial charge is 0.397 e. The maximum Gasteiger partial charge on any atom is 0.211 e. The van der Waals surface area contributed by atoms with Gasteiger partial charge in [-0.15, -0.1) is 0 Å². The number of carbonyl (C=O) groups excluding carboxylic acids is 1. The van der Waals surface area contributed by atoms with Crippen molar-refractivity contribution in [1.29, 1.82) is 0 Å². The number of benzene rings is 2. The Bertz CT molecular complexity index is 809. The molecule has 0 aliphatic rings. The number of rotatable bonds is 2. The first-order chi connectivity index (χ1) is 9.66. The molecule has 2 N–H and O–H groups in total. The van der Waals surface area contributed by atoms with Gasteiger partial charge in [0.2, 0.25) is 5.78 Å². The molecule has 3 aromatic rings. The highest BCUT2D eigenvalue weighted by Gasteiger charge is 2.13. The summed E-state index contributed by atoms with van der Waals surface area (Å²) in [5.74, 6) is -0.0757. The minimum absolute atomic E-state index is 0.0757. The average Bonchev–Trinajstić information content (AvgIpc) is 2.47. The molecule has 0 aliphatic carbocycles. The smallest absolute Gasteiger partial charge is 0.211 e. The molecule has 3 heteroatoms. The van der Waals surface area contributed by atoms with E-state index >= 15 is 0 Å². The Kier molecular flexibility index (Phi) is 2.95. The molecular weight excluding hydrogens is 248 g/mol. The Labute approximate surface area is 117 Å². The summed E-state index contributed by atoms with van der Waals surface area (Å²) in [6.07, 6.45) is 0. The number of ketones is 1. The van der Waals surface area contributed by atoms with E-state index in [0.29, 0.717) is 22.5 Å². The number of aryl methyl sites for hydroxylation is 1. The lowest BCUT2D eigenvalue weighted by Gasteiger charge is -2.06. The van der Waals surface area contributed by atoms with E-state index < -0.39 is 0 Å². The maximum atomic E-state index is 12.5. The Hall–Kier alpha value is -2.68. The zero-order valence-corrected chi connectivity index (χ0v) is 11.1. The Morgan fingerprint density at radius 3 is 2.60 bits per heavy atom. The van der Waals surface area contributed by atoms with Gasteiger partial charge in [-0.25, -0.2) is 4.98 Å². The third-order valence-electron chi connectivity index (χ3n) is 3.37. The molecule has 0 bridgehead atoms. The van der Waals surface area contributed by atoms with Crippen molar-refractivity contribution >= 4 is 22.4 Å². The summed E-state index contributed by atoms with van der Waals surface area (Å²) >= 11 is 0. The van der Waals surface area contributed by atoms with Gasteiger partial charge in [-0.2, -0.15) is 0 Å². The Morgan fingerprint density at radius 1 is 1.00 bits per heavy atom. The van der Waals surface area contributed by atoms with Gasteiger partial charge in [-0.1, -0.05) is 42.5 Å².